The fourth-order valence-electron chi connectivity index (χ4n) is 0.501. The third kappa shape index (κ3) is 8.69. The van der Waals surface area contributed by atoms with Crippen LogP contribution < -0.4 is 0 Å². The second-order valence-electron chi connectivity index (χ2n) is 2.15. The van der Waals surface area contributed by atoms with Crippen LogP contribution in [0.25, 0.3) is 0 Å². The standard InChI is InChI=1S/C6H13IO.CH4/c1-5(2)8-6(3)4-7;/h5-6H,4H2,1-3H3;1H4. The van der Waals surface area contributed by atoms with Gasteiger partial charge in [-0.3, -0.25) is 0 Å². The van der Waals surface area contributed by atoms with Crippen molar-refractivity contribution in [2.24, 2.45) is 0 Å². The van der Waals surface area contributed by atoms with Crippen molar-refractivity contribution in [1.82, 2.24) is 0 Å². The first-order valence-electron chi connectivity index (χ1n) is 2.88. The minimum atomic E-state index is 0. The molecule has 0 saturated heterocycles. The van der Waals surface area contributed by atoms with Gasteiger partial charge in [-0.15, -0.1) is 0 Å². The lowest BCUT2D eigenvalue weighted by Gasteiger charge is -2.12. The number of ether oxygens (including phenoxy) is 1. The summed E-state index contributed by atoms with van der Waals surface area (Å²) in [6.45, 7) is 6.21. The fraction of sp³-hybridized carbons (Fsp3) is 1.00. The SMILES string of the molecule is C.CC(C)OC(C)CI. The zero-order valence-electron chi connectivity index (χ0n) is 5.65. The molecule has 0 bridgehead atoms. The van der Waals surface area contributed by atoms with Gasteiger partial charge in [-0.25, -0.2) is 0 Å². The van der Waals surface area contributed by atoms with E-state index in [-0.39, 0.29) is 7.43 Å². The zero-order valence-corrected chi connectivity index (χ0v) is 7.81. The van der Waals surface area contributed by atoms with Crippen LogP contribution in [-0.2, 0) is 4.74 Å². The van der Waals surface area contributed by atoms with E-state index in [0.29, 0.717) is 12.2 Å². The van der Waals surface area contributed by atoms with Crippen LogP contribution in [0.15, 0.2) is 0 Å². The van der Waals surface area contributed by atoms with Gasteiger partial charge in [0.2, 0.25) is 0 Å². The molecule has 0 saturated carbocycles. The van der Waals surface area contributed by atoms with Crippen LogP contribution in [0.4, 0.5) is 0 Å². The highest BCUT2D eigenvalue weighted by Crippen LogP contribution is 1.99. The molecule has 0 aromatic heterocycles. The smallest absolute Gasteiger partial charge is 0.0639 e. The summed E-state index contributed by atoms with van der Waals surface area (Å²) < 4.78 is 6.47. The molecule has 0 amide bonds. The summed E-state index contributed by atoms with van der Waals surface area (Å²) in [5.41, 5.74) is 0. The Morgan fingerprint density at radius 3 is 1.89 bits per heavy atom. The first-order chi connectivity index (χ1) is 3.66. The minimum Gasteiger partial charge on any atom is -0.375 e. The number of alkyl halides is 1. The molecule has 0 aliphatic rings. The highest BCUT2D eigenvalue weighted by atomic mass is 127. The molecule has 0 aromatic carbocycles. The number of rotatable bonds is 3. The van der Waals surface area contributed by atoms with E-state index >= 15 is 0 Å². The molecule has 1 unspecified atom stereocenters. The normalized spacial score (nSPS) is 13.0. The van der Waals surface area contributed by atoms with Crippen LogP contribution in [0.1, 0.15) is 28.2 Å². The van der Waals surface area contributed by atoms with Crippen LogP contribution in [0, 0.1) is 0 Å². The van der Waals surface area contributed by atoms with Crippen molar-refractivity contribution in [2.75, 3.05) is 4.43 Å². The van der Waals surface area contributed by atoms with Crippen molar-refractivity contribution in [3.05, 3.63) is 0 Å². The summed E-state index contributed by atoms with van der Waals surface area (Å²) in [4.78, 5) is 0. The van der Waals surface area contributed by atoms with E-state index in [1.165, 1.54) is 0 Å². The number of halogens is 1. The predicted molar refractivity (Wildman–Crippen MR) is 51.3 cm³/mol. The highest BCUT2D eigenvalue weighted by molar-refractivity contribution is 14.1. The largest absolute Gasteiger partial charge is 0.375 e. The topological polar surface area (TPSA) is 9.23 Å². The maximum absolute atomic E-state index is 5.39. The molecule has 0 aromatic rings. The Bertz CT molecular complexity index is 54.9. The molecule has 0 fully saturated rings. The van der Waals surface area contributed by atoms with Crippen molar-refractivity contribution >= 4 is 22.6 Å². The lowest BCUT2D eigenvalue weighted by Crippen LogP contribution is -2.14. The van der Waals surface area contributed by atoms with E-state index in [0.717, 1.165) is 4.43 Å². The molecule has 0 rings (SSSR count). The van der Waals surface area contributed by atoms with Gasteiger partial charge in [0.25, 0.3) is 0 Å². The third-order valence-corrected chi connectivity index (χ3v) is 1.96. The molecule has 1 nitrogen and oxygen atoms in total. The van der Waals surface area contributed by atoms with Crippen LogP contribution in [0.5, 0.6) is 0 Å². The predicted octanol–water partition coefficient (Wildman–Crippen LogP) is 2.87. The Kier molecular flexibility index (Phi) is 9.36. The fourth-order valence-corrected chi connectivity index (χ4v) is 0.709. The van der Waals surface area contributed by atoms with E-state index in [1.54, 1.807) is 0 Å². The van der Waals surface area contributed by atoms with Crippen molar-refractivity contribution in [1.29, 1.82) is 0 Å². The molecule has 0 heterocycles. The molecular formula is C7H17IO. The summed E-state index contributed by atoms with van der Waals surface area (Å²) >= 11 is 2.32. The molecule has 0 spiro atoms. The molecular weight excluding hydrogens is 227 g/mol. The number of hydrogen-bond acceptors (Lipinski definition) is 1. The van der Waals surface area contributed by atoms with E-state index in [9.17, 15) is 0 Å². The van der Waals surface area contributed by atoms with Crippen LogP contribution in [0.3, 0.4) is 0 Å². The molecule has 0 aliphatic carbocycles. The van der Waals surface area contributed by atoms with E-state index < -0.39 is 0 Å². The van der Waals surface area contributed by atoms with Crippen LogP contribution in [0.2, 0.25) is 0 Å². The second-order valence-corrected chi connectivity index (χ2v) is 3.03. The van der Waals surface area contributed by atoms with Gasteiger partial charge in [0.05, 0.1) is 12.2 Å². The van der Waals surface area contributed by atoms with E-state index in [2.05, 4.69) is 43.4 Å². The Labute approximate surface area is 72.3 Å². The molecule has 0 aliphatic heterocycles. The Morgan fingerprint density at radius 2 is 1.78 bits per heavy atom. The average Bonchev–Trinajstić information content (AvgIpc) is 1.65. The summed E-state index contributed by atoms with van der Waals surface area (Å²) in [5.74, 6) is 0. The van der Waals surface area contributed by atoms with Gasteiger partial charge in [-0.2, -0.15) is 0 Å². The lowest BCUT2D eigenvalue weighted by molar-refractivity contribution is 0.0343. The molecule has 0 radical (unpaired) electrons. The van der Waals surface area contributed by atoms with E-state index in [1.807, 2.05) is 0 Å². The molecule has 1 atom stereocenters. The summed E-state index contributed by atoms with van der Waals surface area (Å²) in [6, 6.07) is 0. The minimum absolute atomic E-state index is 0. The quantitative estimate of drug-likeness (QED) is 0.548. The Hall–Kier alpha value is 0.690. The second kappa shape index (κ2) is 6.81. The van der Waals surface area contributed by atoms with Gasteiger partial charge < -0.3 is 4.74 Å². The maximum Gasteiger partial charge on any atom is 0.0639 e. The van der Waals surface area contributed by atoms with E-state index in [4.69, 9.17) is 4.74 Å². The Balaban J connectivity index is 0. The van der Waals surface area contributed by atoms with Gasteiger partial charge >= 0.3 is 0 Å². The monoisotopic (exact) mass is 244 g/mol. The summed E-state index contributed by atoms with van der Waals surface area (Å²) in [5, 5.41) is 0. The molecule has 58 valence electrons. The Morgan fingerprint density at radius 1 is 1.33 bits per heavy atom. The molecule has 2 heteroatoms. The lowest BCUT2D eigenvalue weighted by atomic mass is 10.4. The number of hydrogen-bond donors (Lipinski definition) is 0. The van der Waals surface area contributed by atoms with Gasteiger partial charge in [0.15, 0.2) is 0 Å². The van der Waals surface area contributed by atoms with Crippen LogP contribution in [-0.4, -0.2) is 16.6 Å². The zero-order chi connectivity index (χ0) is 6.57. The summed E-state index contributed by atoms with van der Waals surface area (Å²) in [6.07, 6.45) is 0.787. The van der Waals surface area contributed by atoms with Crippen molar-refractivity contribution in [2.45, 2.75) is 40.4 Å². The van der Waals surface area contributed by atoms with Gasteiger partial charge in [-0.1, -0.05) is 30.0 Å². The molecule has 0 N–H and O–H groups in total. The van der Waals surface area contributed by atoms with Gasteiger partial charge in [0, 0.05) is 4.43 Å². The van der Waals surface area contributed by atoms with Crippen molar-refractivity contribution in [3.63, 3.8) is 0 Å². The first-order valence-corrected chi connectivity index (χ1v) is 4.40. The maximum atomic E-state index is 5.39. The van der Waals surface area contributed by atoms with Crippen molar-refractivity contribution < 1.29 is 4.74 Å². The summed E-state index contributed by atoms with van der Waals surface area (Å²) in [7, 11) is 0. The average molecular weight is 244 g/mol. The van der Waals surface area contributed by atoms with Crippen molar-refractivity contribution in [3.8, 4) is 0 Å². The third-order valence-electron chi connectivity index (χ3n) is 0.722. The first kappa shape index (κ1) is 12.4. The van der Waals surface area contributed by atoms with Gasteiger partial charge in [-0.05, 0) is 20.8 Å². The molecule has 9 heavy (non-hydrogen) atoms. The van der Waals surface area contributed by atoms with Crippen LogP contribution >= 0.6 is 22.6 Å². The highest BCUT2D eigenvalue weighted by Gasteiger charge is 1.99. The van der Waals surface area contributed by atoms with Gasteiger partial charge in [0.1, 0.15) is 0 Å².